The molecule has 0 atom stereocenters. The van der Waals surface area contributed by atoms with E-state index < -0.39 is 5.24 Å². The zero-order valence-corrected chi connectivity index (χ0v) is 38.5. The van der Waals surface area contributed by atoms with Gasteiger partial charge in [-0.2, -0.15) is 0 Å². The number of halogens is 3. The minimum Gasteiger partial charge on any atom is -0.341 e. The molecular formula is C60H45ClF2N2O4. The quantitative estimate of drug-likeness (QED) is 0.0735. The minimum absolute atomic E-state index is 0.0818. The van der Waals surface area contributed by atoms with E-state index in [4.69, 9.17) is 11.6 Å². The standard InChI is InChI=1S/C30H22FNO2.C21H16FNO.C9H7ClO/c1-2-32-27-15-11-22(29(33)17-8-20-6-4-3-5-7-20)18-25(27)26-19-23(12-16-28(26)32)30(34)21-9-13-24(31)14-10-21;1-2-23-19-6-4-3-5-17(19)18-13-15(9-12-20(18)23)21(24)14-7-10-16(22)11-8-14;10-9(11)7-6-8-4-2-1-3-5-8/h3-19H,2H2,1H3;3-13H,2H2,1H3;1-7H/b17-8+;;7-6+. The summed E-state index contributed by atoms with van der Waals surface area (Å²) in [6.45, 7) is 5.81. The fourth-order valence-corrected chi connectivity index (χ4v) is 8.43. The largest absolute Gasteiger partial charge is 0.341 e. The van der Waals surface area contributed by atoms with Gasteiger partial charge in [0.25, 0.3) is 0 Å². The van der Waals surface area contributed by atoms with E-state index in [9.17, 15) is 28.0 Å². The van der Waals surface area contributed by atoms with E-state index in [1.165, 1.54) is 60.1 Å². The van der Waals surface area contributed by atoms with Crippen LogP contribution in [0, 0.1) is 11.6 Å². The van der Waals surface area contributed by atoms with Crippen molar-refractivity contribution in [3.8, 4) is 0 Å². The Morgan fingerprint density at radius 3 is 1.23 bits per heavy atom. The maximum atomic E-state index is 13.3. The van der Waals surface area contributed by atoms with E-state index >= 15 is 0 Å². The first-order chi connectivity index (χ1) is 33.5. The third kappa shape index (κ3) is 10.8. The molecule has 10 rings (SSSR count). The molecule has 0 bridgehead atoms. The summed E-state index contributed by atoms with van der Waals surface area (Å²) in [4.78, 5) is 48.9. The number of carbonyl (C=O) groups excluding carboxylic acids is 4. The van der Waals surface area contributed by atoms with Gasteiger partial charge in [0.1, 0.15) is 11.6 Å². The molecule has 0 unspecified atom stereocenters. The van der Waals surface area contributed by atoms with E-state index in [0.717, 1.165) is 62.3 Å². The Hall–Kier alpha value is -8.33. The third-order valence-electron chi connectivity index (χ3n) is 11.7. The van der Waals surface area contributed by atoms with E-state index in [1.807, 2.05) is 121 Å². The van der Waals surface area contributed by atoms with Gasteiger partial charge in [-0.05, 0) is 158 Å². The number of para-hydroxylation sites is 1. The second kappa shape index (κ2) is 21.5. The van der Waals surface area contributed by atoms with Crippen molar-refractivity contribution in [2.75, 3.05) is 0 Å². The number of ketones is 3. The van der Waals surface area contributed by atoms with Crippen LogP contribution in [0.2, 0.25) is 0 Å². The van der Waals surface area contributed by atoms with Gasteiger partial charge < -0.3 is 9.13 Å². The molecule has 9 heteroatoms. The van der Waals surface area contributed by atoms with E-state index in [0.29, 0.717) is 27.8 Å². The summed E-state index contributed by atoms with van der Waals surface area (Å²) in [5.41, 5.74) is 8.89. The topological polar surface area (TPSA) is 78.1 Å². The van der Waals surface area contributed by atoms with Gasteiger partial charge >= 0.3 is 0 Å². The van der Waals surface area contributed by atoms with Crippen LogP contribution in [0.15, 0.2) is 200 Å². The number of hydrogen-bond donors (Lipinski definition) is 0. The Bertz CT molecular complexity index is 3560. The number of aryl methyl sites for hydroxylation is 2. The second-order valence-corrected chi connectivity index (χ2v) is 16.4. The molecule has 8 aromatic carbocycles. The molecule has 2 aromatic heterocycles. The number of fused-ring (bicyclic) bond motifs is 6. The number of allylic oxidation sites excluding steroid dienone is 2. The lowest BCUT2D eigenvalue weighted by Crippen LogP contribution is -2.01. The lowest BCUT2D eigenvalue weighted by Gasteiger charge is -2.04. The lowest BCUT2D eigenvalue weighted by atomic mass is 10.00. The Kier molecular flexibility index (Phi) is 14.7. The Morgan fingerprint density at radius 2 is 0.783 bits per heavy atom. The number of aromatic nitrogens is 2. The number of nitrogens with zero attached hydrogens (tertiary/aromatic N) is 2. The predicted octanol–water partition coefficient (Wildman–Crippen LogP) is 14.7. The summed E-state index contributed by atoms with van der Waals surface area (Å²) < 4.78 is 30.8. The maximum Gasteiger partial charge on any atom is 0.245 e. The Labute approximate surface area is 403 Å². The zero-order chi connectivity index (χ0) is 48.4. The zero-order valence-electron chi connectivity index (χ0n) is 37.8. The smallest absolute Gasteiger partial charge is 0.245 e. The van der Waals surface area contributed by atoms with Crippen molar-refractivity contribution in [2.45, 2.75) is 26.9 Å². The van der Waals surface area contributed by atoms with Crippen LogP contribution < -0.4 is 0 Å². The van der Waals surface area contributed by atoms with E-state index in [2.05, 4.69) is 35.1 Å². The molecule has 0 aliphatic heterocycles. The summed E-state index contributed by atoms with van der Waals surface area (Å²) in [6.07, 6.45) is 6.40. The predicted molar refractivity (Wildman–Crippen MR) is 276 cm³/mol. The van der Waals surface area contributed by atoms with Crippen molar-refractivity contribution in [3.05, 3.63) is 251 Å². The van der Waals surface area contributed by atoms with E-state index in [1.54, 1.807) is 24.3 Å². The summed E-state index contributed by atoms with van der Waals surface area (Å²) in [5, 5.41) is 3.59. The first-order valence-corrected chi connectivity index (χ1v) is 22.8. The first-order valence-electron chi connectivity index (χ1n) is 22.4. The molecule has 0 amide bonds. The van der Waals surface area contributed by atoms with Crippen LogP contribution in [-0.4, -0.2) is 31.7 Å². The van der Waals surface area contributed by atoms with Gasteiger partial charge in [-0.15, -0.1) is 0 Å². The SMILES string of the molecule is CCn1c2ccc(C(=O)/C=C/c3ccccc3)cc2c2cc(C(=O)c3ccc(F)cc3)ccc21.CCn1c2ccccc2c2cc(C(=O)c3ccc(F)cc3)ccc21.O=C(Cl)/C=C/c1ccccc1. The van der Waals surface area contributed by atoms with Crippen LogP contribution in [0.5, 0.6) is 0 Å². The van der Waals surface area contributed by atoms with Crippen LogP contribution >= 0.6 is 11.6 Å². The van der Waals surface area contributed by atoms with Gasteiger partial charge in [-0.1, -0.05) is 91.0 Å². The molecule has 0 saturated carbocycles. The molecule has 69 heavy (non-hydrogen) atoms. The molecule has 0 aliphatic rings. The summed E-state index contributed by atoms with van der Waals surface area (Å²) >= 11 is 5.10. The Morgan fingerprint density at radius 1 is 0.420 bits per heavy atom. The average molecular weight is 931 g/mol. The van der Waals surface area contributed by atoms with Crippen LogP contribution in [0.4, 0.5) is 8.78 Å². The fraction of sp³-hybridized carbons (Fsp3) is 0.0667. The molecule has 0 saturated heterocycles. The van der Waals surface area contributed by atoms with E-state index in [-0.39, 0.29) is 29.0 Å². The molecular weight excluding hydrogens is 886 g/mol. The summed E-state index contributed by atoms with van der Waals surface area (Å²) in [7, 11) is 0. The number of benzene rings is 8. The highest BCUT2D eigenvalue weighted by Crippen LogP contribution is 2.33. The van der Waals surface area contributed by atoms with Crippen LogP contribution in [0.25, 0.3) is 55.8 Å². The minimum atomic E-state index is -0.450. The van der Waals surface area contributed by atoms with Gasteiger partial charge in [-0.25, -0.2) is 8.78 Å². The molecule has 2 heterocycles. The van der Waals surface area contributed by atoms with Crippen molar-refractivity contribution >= 4 is 90.0 Å². The van der Waals surface area contributed by atoms with Crippen LogP contribution in [0.3, 0.4) is 0 Å². The molecule has 0 radical (unpaired) electrons. The first kappa shape index (κ1) is 47.2. The lowest BCUT2D eigenvalue weighted by molar-refractivity contribution is -0.107. The monoisotopic (exact) mass is 930 g/mol. The summed E-state index contributed by atoms with van der Waals surface area (Å²) in [6, 6.07) is 55.7. The number of hydrogen-bond acceptors (Lipinski definition) is 4. The fourth-order valence-electron chi connectivity index (χ4n) is 8.37. The second-order valence-electron chi connectivity index (χ2n) is 16.0. The average Bonchev–Trinajstić information content (AvgIpc) is 3.89. The van der Waals surface area contributed by atoms with Crippen molar-refractivity contribution in [1.82, 2.24) is 9.13 Å². The molecule has 0 fully saturated rings. The van der Waals surface area contributed by atoms with Crippen molar-refractivity contribution in [3.63, 3.8) is 0 Å². The summed E-state index contributed by atoms with van der Waals surface area (Å²) in [5.74, 6) is -1.06. The molecule has 0 spiro atoms. The normalized spacial score (nSPS) is 11.2. The molecule has 6 nitrogen and oxygen atoms in total. The highest BCUT2D eigenvalue weighted by molar-refractivity contribution is 6.66. The number of carbonyl (C=O) groups is 4. The van der Waals surface area contributed by atoms with Gasteiger partial charge in [-0.3, -0.25) is 19.2 Å². The highest BCUT2D eigenvalue weighted by Gasteiger charge is 2.17. The van der Waals surface area contributed by atoms with Crippen molar-refractivity contribution in [1.29, 1.82) is 0 Å². The molecule has 340 valence electrons. The molecule has 0 aliphatic carbocycles. The maximum absolute atomic E-state index is 13.3. The van der Waals surface area contributed by atoms with Gasteiger partial charge in [0, 0.05) is 84.5 Å². The van der Waals surface area contributed by atoms with Crippen molar-refractivity contribution < 1.29 is 28.0 Å². The molecule has 10 aromatic rings. The number of rotatable bonds is 11. The van der Waals surface area contributed by atoms with Crippen LogP contribution in [-0.2, 0) is 17.9 Å². The van der Waals surface area contributed by atoms with Gasteiger partial charge in [0.05, 0.1) is 0 Å². The molecule has 0 N–H and O–H groups in total. The van der Waals surface area contributed by atoms with Crippen LogP contribution in [0.1, 0.15) is 67.2 Å². The van der Waals surface area contributed by atoms with Gasteiger partial charge in [0.2, 0.25) is 5.24 Å². The highest BCUT2D eigenvalue weighted by atomic mass is 35.5. The van der Waals surface area contributed by atoms with Crippen molar-refractivity contribution in [2.24, 2.45) is 0 Å². The third-order valence-corrected chi connectivity index (χ3v) is 11.9. The Balaban J connectivity index is 0.000000158. The van der Waals surface area contributed by atoms with Gasteiger partial charge in [0.15, 0.2) is 17.3 Å².